The van der Waals surface area contributed by atoms with Crippen molar-refractivity contribution in [2.75, 3.05) is 33.8 Å². The van der Waals surface area contributed by atoms with Crippen molar-refractivity contribution in [3.63, 3.8) is 0 Å². The summed E-state index contributed by atoms with van der Waals surface area (Å²) < 4.78 is 5.08. The number of Topliss-reactive ketones (excluding diaryl/α,β-unsaturated/α-hetero) is 1. The number of benzene rings is 1. The summed E-state index contributed by atoms with van der Waals surface area (Å²) in [4.78, 5) is 26.4. The molecule has 0 unspecified atom stereocenters. The Kier molecular flexibility index (Phi) is 9.53. The lowest BCUT2D eigenvalue weighted by atomic mass is 9.93. The summed E-state index contributed by atoms with van der Waals surface area (Å²) in [6.07, 6.45) is 3.88. The van der Waals surface area contributed by atoms with Crippen LogP contribution in [-0.2, 0) is 4.79 Å². The van der Waals surface area contributed by atoms with Crippen LogP contribution in [0.1, 0.15) is 42.5 Å². The van der Waals surface area contributed by atoms with Gasteiger partial charge in [0.05, 0.1) is 7.11 Å². The van der Waals surface area contributed by atoms with Crippen molar-refractivity contribution in [3.05, 3.63) is 29.8 Å². The van der Waals surface area contributed by atoms with Crippen LogP contribution in [0.25, 0.3) is 0 Å². The molecule has 0 saturated carbocycles. The number of likely N-dealkylation sites (tertiary alicyclic amines) is 1. The van der Waals surface area contributed by atoms with Gasteiger partial charge >= 0.3 is 0 Å². The number of ether oxygens (including phenoxy) is 1. The zero-order valence-corrected chi connectivity index (χ0v) is 15.9. The number of rotatable bonds is 8. The predicted molar refractivity (Wildman–Crippen MR) is 102 cm³/mol. The highest BCUT2D eigenvalue weighted by atomic mass is 35.5. The van der Waals surface area contributed by atoms with Crippen molar-refractivity contribution >= 4 is 24.1 Å². The first-order valence-electron chi connectivity index (χ1n) is 8.73. The van der Waals surface area contributed by atoms with Gasteiger partial charge in [0, 0.05) is 31.5 Å². The maximum Gasteiger partial charge on any atom is 0.223 e. The number of methoxy groups -OCH3 is 1. The molecule has 1 fully saturated rings. The summed E-state index contributed by atoms with van der Waals surface area (Å²) in [5.41, 5.74) is 0.634. The topological polar surface area (TPSA) is 58.6 Å². The van der Waals surface area contributed by atoms with Crippen molar-refractivity contribution < 1.29 is 14.3 Å². The van der Waals surface area contributed by atoms with Gasteiger partial charge in [0.2, 0.25) is 5.91 Å². The van der Waals surface area contributed by atoms with Crippen LogP contribution in [0, 0.1) is 5.92 Å². The molecule has 0 aliphatic carbocycles. The Balaban J connectivity index is 0.00000312. The Morgan fingerprint density at radius 2 is 1.80 bits per heavy atom. The molecule has 0 atom stereocenters. The molecule has 1 amide bonds. The Morgan fingerprint density at radius 1 is 1.16 bits per heavy atom. The molecule has 2 rings (SSSR count). The molecule has 1 aliphatic rings. The van der Waals surface area contributed by atoms with Gasteiger partial charge in [-0.15, -0.1) is 12.4 Å². The van der Waals surface area contributed by atoms with Crippen molar-refractivity contribution in [2.45, 2.75) is 32.1 Å². The van der Waals surface area contributed by atoms with E-state index in [9.17, 15) is 9.59 Å². The zero-order chi connectivity index (χ0) is 17.4. The van der Waals surface area contributed by atoms with Gasteiger partial charge in [0.25, 0.3) is 0 Å². The Bertz CT molecular complexity index is 540. The Labute approximate surface area is 156 Å². The zero-order valence-electron chi connectivity index (χ0n) is 15.1. The van der Waals surface area contributed by atoms with E-state index in [4.69, 9.17) is 4.74 Å². The number of carbonyl (C=O) groups excluding carboxylic acids is 2. The number of piperidine rings is 1. The SMILES string of the molecule is CNCCC1CCN(C(=O)CCC(=O)c2ccc(OC)cc2)CC1.Cl. The average molecular weight is 369 g/mol. The van der Waals surface area contributed by atoms with Crippen LogP contribution >= 0.6 is 12.4 Å². The number of halogens is 1. The molecule has 1 saturated heterocycles. The van der Waals surface area contributed by atoms with E-state index in [1.165, 1.54) is 6.42 Å². The standard InChI is InChI=1S/C19H28N2O3.ClH/c1-20-12-9-15-10-13-21(14-11-15)19(23)8-7-18(22)16-3-5-17(24-2)6-4-16;/h3-6,15,20H,7-14H2,1-2H3;1H. The van der Waals surface area contributed by atoms with Crippen molar-refractivity contribution in [1.29, 1.82) is 0 Å². The predicted octanol–water partition coefficient (Wildman–Crippen LogP) is 2.93. The van der Waals surface area contributed by atoms with Crippen LogP contribution in [0.5, 0.6) is 5.75 Å². The third kappa shape index (κ3) is 6.67. The fourth-order valence-corrected chi connectivity index (χ4v) is 3.12. The van der Waals surface area contributed by atoms with Gasteiger partial charge in [-0.1, -0.05) is 0 Å². The molecular formula is C19H29ClN2O3. The van der Waals surface area contributed by atoms with Crippen LogP contribution in [0.4, 0.5) is 0 Å². The van der Waals surface area contributed by atoms with Gasteiger partial charge < -0.3 is 15.0 Å². The normalized spacial score (nSPS) is 14.7. The summed E-state index contributed by atoms with van der Waals surface area (Å²) in [5.74, 6) is 1.55. The fourth-order valence-electron chi connectivity index (χ4n) is 3.12. The molecule has 25 heavy (non-hydrogen) atoms. The number of carbonyl (C=O) groups is 2. The number of nitrogens with one attached hydrogen (secondary N) is 1. The Hall–Kier alpha value is -1.59. The van der Waals surface area contributed by atoms with E-state index in [2.05, 4.69) is 5.32 Å². The molecule has 0 spiro atoms. The molecule has 1 aromatic carbocycles. The molecule has 1 aromatic rings. The van der Waals surface area contributed by atoms with E-state index in [0.29, 0.717) is 17.9 Å². The number of amides is 1. The lowest BCUT2D eigenvalue weighted by Gasteiger charge is -2.32. The molecule has 140 valence electrons. The van der Waals surface area contributed by atoms with E-state index in [0.717, 1.165) is 38.2 Å². The highest BCUT2D eigenvalue weighted by Gasteiger charge is 2.22. The fraction of sp³-hybridized carbons (Fsp3) is 0.579. The van der Waals surface area contributed by atoms with Crippen LogP contribution in [-0.4, -0.2) is 50.4 Å². The minimum absolute atomic E-state index is 0. The van der Waals surface area contributed by atoms with Crippen LogP contribution in [0.2, 0.25) is 0 Å². The summed E-state index contributed by atoms with van der Waals surface area (Å²) in [7, 11) is 3.57. The van der Waals surface area contributed by atoms with Gasteiger partial charge in [0.15, 0.2) is 5.78 Å². The average Bonchev–Trinajstić information content (AvgIpc) is 2.64. The highest BCUT2D eigenvalue weighted by Crippen LogP contribution is 2.21. The summed E-state index contributed by atoms with van der Waals surface area (Å²) in [6.45, 7) is 2.68. The third-order valence-corrected chi connectivity index (χ3v) is 4.75. The van der Waals surface area contributed by atoms with Crippen LogP contribution in [0.15, 0.2) is 24.3 Å². The van der Waals surface area contributed by atoms with E-state index in [-0.39, 0.29) is 30.5 Å². The van der Waals surface area contributed by atoms with Crippen molar-refractivity contribution in [1.82, 2.24) is 10.2 Å². The monoisotopic (exact) mass is 368 g/mol. The third-order valence-electron chi connectivity index (χ3n) is 4.75. The molecular weight excluding hydrogens is 340 g/mol. The highest BCUT2D eigenvalue weighted by molar-refractivity contribution is 5.98. The molecule has 1 heterocycles. The van der Waals surface area contributed by atoms with Gasteiger partial charge in [-0.05, 0) is 63.0 Å². The maximum absolute atomic E-state index is 12.3. The van der Waals surface area contributed by atoms with E-state index < -0.39 is 0 Å². The second kappa shape index (κ2) is 11.1. The van der Waals surface area contributed by atoms with E-state index in [1.54, 1.807) is 31.4 Å². The minimum Gasteiger partial charge on any atom is -0.497 e. The second-order valence-electron chi connectivity index (χ2n) is 6.37. The van der Waals surface area contributed by atoms with E-state index in [1.807, 2.05) is 11.9 Å². The molecule has 0 aromatic heterocycles. The van der Waals surface area contributed by atoms with Crippen LogP contribution in [0.3, 0.4) is 0 Å². The van der Waals surface area contributed by atoms with Gasteiger partial charge in [-0.3, -0.25) is 9.59 Å². The largest absolute Gasteiger partial charge is 0.497 e. The number of hydrogen-bond acceptors (Lipinski definition) is 4. The second-order valence-corrected chi connectivity index (χ2v) is 6.37. The number of hydrogen-bond donors (Lipinski definition) is 1. The van der Waals surface area contributed by atoms with Crippen LogP contribution < -0.4 is 10.1 Å². The molecule has 0 radical (unpaired) electrons. The van der Waals surface area contributed by atoms with Gasteiger partial charge in [-0.25, -0.2) is 0 Å². The number of nitrogens with zero attached hydrogens (tertiary/aromatic N) is 1. The van der Waals surface area contributed by atoms with Crippen molar-refractivity contribution in [2.24, 2.45) is 5.92 Å². The first-order valence-corrected chi connectivity index (χ1v) is 8.73. The molecule has 6 heteroatoms. The molecule has 0 bridgehead atoms. The summed E-state index contributed by atoms with van der Waals surface area (Å²) in [6, 6.07) is 7.04. The molecule has 5 nitrogen and oxygen atoms in total. The number of ketones is 1. The van der Waals surface area contributed by atoms with Gasteiger partial charge in [-0.2, -0.15) is 0 Å². The van der Waals surface area contributed by atoms with E-state index >= 15 is 0 Å². The quantitative estimate of drug-likeness (QED) is 0.717. The summed E-state index contributed by atoms with van der Waals surface area (Å²) in [5, 5.41) is 3.18. The maximum atomic E-state index is 12.3. The lowest BCUT2D eigenvalue weighted by Crippen LogP contribution is -2.39. The first kappa shape index (κ1) is 21.5. The first-order chi connectivity index (χ1) is 11.6. The smallest absolute Gasteiger partial charge is 0.223 e. The van der Waals surface area contributed by atoms with Gasteiger partial charge in [0.1, 0.15) is 5.75 Å². The molecule has 1 aliphatic heterocycles. The molecule has 1 N–H and O–H groups in total. The summed E-state index contributed by atoms with van der Waals surface area (Å²) >= 11 is 0. The Morgan fingerprint density at radius 3 is 2.36 bits per heavy atom. The minimum atomic E-state index is 0. The van der Waals surface area contributed by atoms with Crippen molar-refractivity contribution in [3.8, 4) is 5.75 Å². The lowest BCUT2D eigenvalue weighted by molar-refractivity contribution is -0.132.